The van der Waals surface area contributed by atoms with Gasteiger partial charge in [-0.3, -0.25) is 4.79 Å². The number of amides is 1. The largest absolute Gasteiger partial charge is 0.398 e. The molecular weight excluding hydrogens is 274 g/mol. The van der Waals surface area contributed by atoms with Crippen molar-refractivity contribution in [2.45, 2.75) is 25.2 Å². The first-order chi connectivity index (χ1) is 9.56. The monoisotopic (exact) mass is 291 g/mol. The van der Waals surface area contributed by atoms with Gasteiger partial charge in [-0.25, -0.2) is 0 Å². The first kappa shape index (κ1) is 14.5. The van der Waals surface area contributed by atoms with Gasteiger partial charge >= 0.3 is 0 Å². The van der Waals surface area contributed by atoms with E-state index in [2.05, 4.69) is 10.5 Å². The number of aromatic nitrogens is 1. The summed E-state index contributed by atoms with van der Waals surface area (Å²) in [5, 5.41) is 6.41. The molecule has 0 spiro atoms. The van der Waals surface area contributed by atoms with Crippen molar-refractivity contribution in [1.29, 1.82) is 0 Å². The van der Waals surface area contributed by atoms with Crippen LogP contribution in [0.15, 0.2) is 33.7 Å². The summed E-state index contributed by atoms with van der Waals surface area (Å²) in [6, 6.07) is 7.49. The first-order valence-corrected chi connectivity index (χ1v) is 7.26. The molecule has 0 atom stereocenters. The van der Waals surface area contributed by atoms with Gasteiger partial charge in [-0.2, -0.15) is 0 Å². The molecule has 0 bridgehead atoms. The van der Waals surface area contributed by atoms with Crippen LogP contribution in [-0.4, -0.2) is 16.8 Å². The minimum absolute atomic E-state index is 0.0765. The van der Waals surface area contributed by atoms with Crippen molar-refractivity contribution in [3.63, 3.8) is 0 Å². The fourth-order valence-electron chi connectivity index (χ4n) is 1.67. The molecule has 0 fully saturated rings. The van der Waals surface area contributed by atoms with Crippen molar-refractivity contribution in [1.82, 2.24) is 5.16 Å². The van der Waals surface area contributed by atoms with Gasteiger partial charge in [0.1, 0.15) is 5.76 Å². The van der Waals surface area contributed by atoms with E-state index in [1.807, 2.05) is 25.1 Å². The van der Waals surface area contributed by atoms with Crippen LogP contribution in [-0.2, 0) is 4.79 Å². The number of aryl methyl sites for hydroxylation is 1. The third-order valence-electron chi connectivity index (χ3n) is 2.81. The van der Waals surface area contributed by atoms with Crippen LogP contribution in [0.25, 0.3) is 0 Å². The molecule has 0 unspecified atom stereocenters. The predicted octanol–water partition coefficient (Wildman–Crippen LogP) is 2.99. The van der Waals surface area contributed by atoms with E-state index in [4.69, 9.17) is 10.3 Å². The third-order valence-corrected chi connectivity index (χ3v) is 3.97. The molecular formula is C14H17N3O2S. The summed E-state index contributed by atoms with van der Waals surface area (Å²) >= 11 is 1.62. The number of benzene rings is 1. The number of nitrogens with one attached hydrogen (secondary N) is 1. The average Bonchev–Trinajstić information content (AvgIpc) is 2.80. The van der Waals surface area contributed by atoms with E-state index in [0.717, 1.165) is 16.1 Å². The van der Waals surface area contributed by atoms with Crippen molar-refractivity contribution in [2.75, 3.05) is 16.8 Å². The van der Waals surface area contributed by atoms with Crippen LogP contribution in [0.3, 0.4) is 0 Å². The summed E-state index contributed by atoms with van der Waals surface area (Å²) in [5.74, 6) is 1.74. The zero-order valence-electron chi connectivity index (χ0n) is 11.5. The molecule has 106 valence electrons. The zero-order valence-corrected chi connectivity index (χ0v) is 12.3. The Bertz CT molecular complexity index is 610. The van der Waals surface area contributed by atoms with Crippen LogP contribution in [0.5, 0.6) is 0 Å². The molecule has 0 aliphatic heterocycles. The molecule has 1 aromatic heterocycles. The van der Waals surface area contributed by atoms with E-state index in [0.29, 0.717) is 23.8 Å². The molecule has 0 aliphatic carbocycles. The number of thioether (sulfide) groups is 1. The highest BCUT2D eigenvalue weighted by Crippen LogP contribution is 2.26. The highest BCUT2D eigenvalue weighted by molar-refractivity contribution is 7.99. The number of carbonyl (C=O) groups excluding carboxylic acids is 1. The summed E-state index contributed by atoms with van der Waals surface area (Å²) in [5.41, 5.74) is 7.68. The second-order valence-corrected chi connectivity index (χ2v) is 5.58. The number of nitrogens with zero attached hydrogens (tertiary/aromatic N) is 1. The maximum atomic E-state index is 11.7. The predicted molar refractivity (Wildman–Crippen MR) is 80.8 cm³/mol. The summed E-state index contributed by atoms with van der Waals surface area (Å²) in [7, 11) is 0. The van der Waals surface area contributed by atoms with Crippen molar-refractivity contribution in [3.05, 3.63) is 35.6 Å². The van der Waals surface area contributed by atoms with E-state index >= 15 is 0 Å². The summed E-state index contributed by atoms with van der Waals surface area (Å²) in [6.45, 7) is 3.76. The van der Waals surface area contributed by atoms with E-state index in [1.165, 1.54) is 0 Å². The van der Waals surface area contributed by atoms with Gasteiger partial charge < -0.3 is 15.6 Å². The van der Waals surface area contributed by atoms with Crippen LogP contribution in [0.2, 0.25) is 0 Å². The topological polar surface area (TPSA) is 81.2 Å². The SMILES string of the molecule is Cc1cc(NC(=O)CCSc2cccc(N)c2C)no1. The smallest absolute Gasteiger partial charge is 0.226 e. The molecule has 6 heteroatoms. The molecule has 0 saturated heterocycles. The van der Waals surface area contributed by atoms with E-state index in [9.17, 15) is 4.79 Å². The molecule has 0 aliphatic rings. The van der Waals surface area contributed by atoms with E-state index in [-0.39, 0.29) is 5.91 Å². The fourth-order valence-corrected chi connectivity index (χ4v) is 2.69. The normalized spacial score (nSPS) is 10.5. The van der Waals surface area contributed by atoms with Gasteiger partial charge in [-0.1, -0.05) is 11.2 Å². The van der Waals surface area contributed by atoms with Gasteiger partial charge in [-0.15, -0.1) is 11.8 Å². The molecule has 0 saturated carbocycles. The number of carbonyl (C=O) groups is 1. The average molecular weight is 291 g/mol. The molecule has 1 amide bonds. The molecule has 2 aromatic rings. The highest BCUT2D eigenvalue weighted by atomic mass is 32.2. The Morgan fingerprint density at radius 3 is 2.95 bits per heavy atom. The Morgan fingerprint density at radius 1 is 1.45 bits per heavy atom. The van der Waals surface area contributed by atoms with Gasteiger partial charge in [0.2, 0.25) is 5.91 Å². The molecule has 1 aromatic carbocycles. The number of rotatable bonds is 5. The number of anilines is 2. The summed E-state index contributed by atoms with van der Waals surface area (Å²) in [4.78, 5) is 12.8. The van der Waals surface area contributed by atoms with E-state index in [1.54, 1.807) is 24.8 Å². The second kappa shape index (κ2) is 6.47. The summed E-state index contributed by atoms with van der Waals surface area (Å²) in [6.07, 6.45) is 0.408. The van der Waals surface area contributed by atoms with E-state index < -0.39 is 0 Å². The Kier molecular flexibility index (Phi) is 4.68. The fraction of sp³-hybridized carbons (Fsp3) is 0.286. The van der Waals surface area contributed by atoms with Crippen LogP contribution in [0.4, 0.5) is 11.5 Å². The molecule has 5 nitrogen and oxygen atoms in total. The third kappa shape index (κ3) is 3.77. The maximum Gasteiger partial charge on any atom is 0.226 e. The lowest BCUT2D eigenvalue weighted by Crippen LogP contribution is -2.12. The Balaban J connectivity index is 1.81. The lowest BCUT2D eigenvalue weighted by molar-refractivity contribution is -0.115. The standard InChI is InChI=1S/C14H17N3O2S/c1-9-8-13(17-19-9)16-14(18)6-7-20-12-5-3-4-11(15)10(12)2/h3-5,8H,6-7,15H2,1-2H3,(H,16,17,18). The van der Waals surface area contributed by atoms with Crippen LogP contribution in [0.1, 0.15) is 17.7 Å². The van der Waals surface area contributed by atoms with Gasteiger partial charge in [0.25, 0.3) is 0 Å². The second-order valence-electron chi connectivity index (χ2n) is 4.44. The lowest BCUT2D eigenvalue weighted by atomic mass is 10.2. The number of hydrogen-bond acceptors (Lipinski definition) is 5. The van der Waals surface area contributed by atoms with Crippen LogP contribution in [0, 0.1) is 13.8 Å². The van der Waals surface area contributed by atoms with Crippen molar-refractivity contribution in [3.8, 4) is 0 Å². The quantitative estimate of drug-likeness (QED) is 0.654. The van der Waals surface area contributed by atoms with Gasteiger partial charge in [0.05, 0.1) is 0 Å². The van der Waals surface area contributed by atoms with Crippen LogP contribution < -0.4 is 11.1 Å². The first-order valence-electron chi connectivity index (χ1n) is 6.27. The van der Waals surface area contributed by atoms with Crippen molar-refractivity contribution in [2.24, 2.45) is 0 Å². The zero-order chi connectivity index (χ0) is 14.5. The lowest BCUT2D eigenvalue weighted by Gasteiger charge is -2.07. The minimum Gasteiger partial charge on any atom is -0.398 e. The van der Waals surface area contributed by atoms with Crippen molar-refractivity contribution < 1.29 is 9.32 Å². The molecule has 2 rings (SSSR count). The van der Waals surface area contributed by atoms with Gasteiger partial charge in [-0.05, 0) is 31.5 Å². The molecule has 1 heterocycles. The maximum absolute atomic E-state index is 11.7. The van der Waals surface area contributed by atoms with Crippen molar-refractivity contribution >= 4 is 29.2 Å². The number of hydrogen-bond donors (Lipinski definition) is 2. The molecule has 3 N–H and O–H groups in total. The number of nitrogen functional groups attached to an aromatic ring is 1. The van der Waals surface area contributed by atoms with Gasteiger partial charge in [0.15, 0.2) is 5.82 Å². The molecule has 20 heavy (non-hydrogen) atoms. The minimum atomic E-state index is -0.0765. The Labute approximate surface area is 121 Å². The van der Waals surface area contributed by atoms with Gasteiger partial charge in [0, 0.05) is 28.8 Å². The Hall–Kier alpha value is -1.95. The Morgan fingerprint density at radius 2 is 2.25 bits per heavy atom. The number of nitrogens with two attached hydrogens (primary N) is 1. The molecule has 0 radical (unpaired) electrons. The van der Waals surface area contributed by atoms with Crippen LogP contribution >= 0.6 is 11.8 Å². The highest BCUT2D eigenvalue weighted by Gasteiger charge is 2.07. The summed E-state index contributed by atoms with van der Waals surface area (Å²) < 4.78 is 4.88.